The zero-order valence-corrected chi connectivity index (χ0v) is 16.0. The number of ether oxygens (including phenoxy) is 2. The van der Waals surface area contributed by atoms with Gasteiger partial charge in [-0.1, -0.05) is 44.2 Å². The van der Waals surface area contributed by atoms with Crippen LogP contribution in [0.25, 0.3) is 0 Å². The summed E-state index contributed by atoms with van der Waals surface area (Å²) in [6.07, 6.45) is 1.49. The summed E-state index contributed by atoms with van der Waals surface area (Å²) >= 11 is 0. The van der Waals surface area contributed by atoms with Crippen LogP contribution in [0.1, 0.15) is 38.3 Å². The standard InChI is InChI=1S/C20H25NO4S/c1-15(2)13-18(16-7-4-3-5-8-16)21-26(22,23)17-9-10-19-20(14-17)25-12-6-11-24-19/h3-5,7-10,14-15,18,21H,6,11-13H2,1-2H3. The van der Waals surface area contributed by atoms with Crippen LogP contribution < -0.4 is 14.2 Å². The zero-order valence-electron chi connectivity index (χ0n) is 15.1. The van der Waals surface area contributed by atoms with Crippen molar-refractivity contribution in [3.63, 3.8) is 0 Å². The van der Waals surface area contributed by atoms with Gasteiger partial charge in [0, 0.05) is 18.5 Å². The molecule has 0 saturated heterocycles. The van der Waals surface area contributed by atoms with E-state index in [9.17, 15) is 8.42 Å². The SMILES string of the molecule is CC(C)CC(NS(=O)(=O)c1ccc2c(c1)OCCCO2)c1ccccc1. The van der Waals surface area contributed by atoms with Crippen LogP contribution in [-0.2, 0) is 10.0 Å². The topological polar surface area (TPSA) is 64.6 Å². The van der Waals surface area contributed by atoms with Crippen molar-refractivity contribution in [2.45, 2.75) is 37.6 Å². The molecule has 2 aromatic carbocycles. The van der Waals surface area contributed by atoms with Crippen molar-refractivity contribution in [3.05, 3.63) is 54.1 Å². The molecule has 1 N–H and O–H groups in total. The molecule has 26 heavy (non-hydrogen) atoms. The maximum Gasteiger partial charge on any atom is 0.241 e. The summed E-state index contributed by atoms with van der Waals surface area (Å²) < 4.78 is 40.0. The molecule has 1 atom stereocenters. The predicted octanol–water partition coefficient (Wildman–Crippen LogP) is 3.91. The largest absolute Gasteiger partial charge is 0.490 e. The van der Waals surface area contributed by atoms with E-state index in [1.165, 1.54) is 0 Å². The second-order valence-electron chi connectivity index (χ2n) is 6.87. The summed E-state index contributed by atoms with van der Waals surface area (Å²) in [6.45, 7) is 5.25. The fraction of sp³-hybridized carbons (Fsp3) is 0.400. The first kappa shape index (κ1) is 18.7. The molecule has 0 bridgehead atoms. The van der Waals surface area contributed by atoms with E-state index in [1.54, 1.807) is 18.2 Å². The monoisotopic (exact) mass is 375 g/mol. The summed E-state index contributed by atoms with van der Waals surface area (Å²) in [7, 11) is -3.68. The first-order valence-corrected chi connectivity index (χ1v) is 10.4. The minimum absolute atomic E-state index is 0.187. The second-order valence-corrected chi connectivity index (χ2v) is 8.59. The highest BCUT2D eigenvalue weighted by molar-refractivity contribution is 7.89. The predicted molar refractivity (Wildman–Crippen MR) is 101 cm³/mol. The molecule has 1 aliphatic rings. The van der Waals surface area contributed by atoms with Crippen molar-refractivity contribution < 1.29 is 17.9 Å². The van der Waals surface area contributed by atoms with Crippen LogP contribution in [0.4, 0.5) is 0 Å². The van der Waals surface area contributed by atoms with E-state index >= 15 is 0 Å². The molecule has 0 radical (unpaired) electrons. The molecular weight excluding hydrogens is 350 g/mol. The van der Waals surface area contributed by atoms with Crippen LogP contribution in [0.5, 0.6) is 11.5 Å². The van der Waals surface area contributed by atoms with Crippen LogP contribution in [0.2, 0.25) is 0 Å². The molecule has 2 aromatic rings. The highest BCUT2D eigenvalue weighted by Crippen LogP contribution is 2.32. The van der Waals surface area contributed by atoms with E-state index in [0.717, 1.165) is 12.0 Å². The van der Waals surface area contributed by atoms with Gasteiger partial charge in [-0.05, 0) is 30.0 Å². The lowest BCUT2D eigenvalue weighted by Crippen LogP contribution is -2.29. The number of hydrogen-bond donors (Lipinski definition) is 1. The highest BCUT2D eigenvalue weighted by atomic mass is 32.2. The molecule has 0 amide bonds. The van der Waals surface area contributed by atoms with E-state index in [1.807, 2.05) is 30.3 Å². The third kappa shape index (κ3) is 4.56. The Hall–Kier alpha value is -2.05. The van der Waals surface area contributed by atoms with Crippen LogP contribution >= 0.6 is 0 Å². The molecule has 1 aliphatic heterocycles. The molecule has 1 heterocycles. The minimum Gasteiger partial charge on any atom is -0.490 e. The van der Waals surface area contributed by atoms with Gasteiger partial charge in [0.2, 0.25) is 10.0 Å². The van der Waals surface area contributed by atoms with Crippen molar-refractivity contribution in [2.75, 3.05) is 13.2 Å². The molecule has 0 aliphatic carbocycles. The van der Waals surface area contributed by atoms with Gasteiger partial charge in [0.1, 0.15) is 0 Å². The first-order valence-electron chi connectivity index (χ1n) is 8.92. The van der Waals surface area contributed by atoms with E-state index in [-0.39, 0.29) is 10.9 Å². The van der Waals surface area contributed by atoms with Gasteiger partial charge in [-0.15, -0.1) is 0 Å². The van der Waals surface area contributed by atoms with Crippen LogP contribution in [0, 0.1) is 5.92 Å². The average Bonchev–Trinajstić information content (AvgIpc) is 2.86. The fourth-order valence-electron chi connectivity index (χ4n) is 2.98. The van der Waals surface area contributed by atoms with Crippen molar-refractivity contribution in [1.29, 1.82) is 0 Å². The van der Waals surface area contributed by atoms with E-state index in [2.05, 4.69) is 18.6 Å². The van der Waals surface area contributed by atoms with Crippen molar-refractivity contribution >= 4 is 10.0 Å². The molecule has 0 saturated carbocycles. The fourth-order valence-corrected chi connectivity index (χ4v) is 4.23. The quantitative estimate of drug-likeness (QED) is 0.831. The molecule has 6 heteroatoms. The molecule has 5 nitrogen and oxygen atoms in total. The minimum atomic E-state index is -3.68. The van der Waals surface area contributed by atoms with Crippen molar-refractivity contribution in [2.24, 2.45) is 5.92 Å². The Balaban J connectivity index is 1.87. The number of hydrogen-bond acceptors (Lipinski definition) is 4. The van der Waals surface area contributed by atoms with Crippen molar-refractivity contribution in [3.8, 4) is 11.5 Å². The van der Waals surface area contributed by atoms with E-state index in [0.29, 0.717) is 37.1 Å². The van der Waals surface area contributed by atoms with E-state index < -0.39 is 10.0 Å². The molecule has 3 rings (SSSR count). The Bertz CT molecular complexity index is 834. The average molecular weight is 375 g/mol. The van der Waals surface area contributed by atoms with Gasteiger partial charge >= 0.3 is 0 Å². The number of rotatable bonds is 6. The van der Waals surface area contributed by atoms with Gasteiger partial charge in [0.15, 0.2) is 11.5 Å². The van der Waals surface area contributed by atoms with Gasteiger partial charge in [0.25, 0.3) is 0 Å². The Morgan fingerprint density at radius 2 is 1.69 bits per heavy atom. The third-order valence-electron chi connectivity index (χ3n) is 4.24. The Morgan fingerprint density at radius 3 is 2.38 bits per heavy atom. The van der Waals surface area contributed by atoms with Gasteiger partial charge in [-0.25, -0.2) is 13.1 Å². The van der Waals surface area contributed by atoms with Crippen LogP contribution in [0.15, 0.2) is 53.4 Å². The van der Waals surface area contributed by atoms with Gasteiger partial charge in [-0.2, -0.15) is 0 Å². The normalized spacial score (nSPS) is 15.5. The van der Waals surface area contributed by atoms with E-state index in [4.69, 9.17) is 9.47 Å². The number of sulfonamides is 1. The maximum absolute atomic E-state index is 13.0. The summed E-state index contributed by atoms with van der Waals surface area (Å²) in [5.74, 6) is 1.42. The van der Waals surface area contributed by atoms with Crippen LogP contribution in [0.3, 0.4) is 0 Å². The van der Waals surface area contributed by atoms with Gasteiger partial charge < -0.3 is 9.47 Å². The molecular formula is C20H25NO4S. The zero-order chi connectivity index (χ0) is 18.6. The maximum atomic E-state index is 13.0. The Morgan fingerprint density at radius 1 is 1.00 bits per heavy atom. The molecule has 0 spiro atoms. The Labute approximate surface area is 155 Å². The molecule has 1 unspecified atom stereocenters. The summed E-state index contributed by atoms with van der Waals surface area (Å²) in [5.41, 5.74) is 0.958. The summed E-state index contributed by atoms with van der Waals surface area (Å²) in [6, 6.07) is 14.1. The third-order valence-corrected chi connectivity index (χ3v) is 5.71. The Kier molecular flexibility index (Phi) is 5.84. The van der Waals surface area contributed by atoms with Gasteiger partial charge in [0.05, 0.1) is 18.1 Å². The molecule has 140 valence electrons. The number of nitrogens with one attached hydrogen (secondary N) is 1. The lowest BCUT2D eigenvalue weighted by molar-refractivity contribution is 0.297. The lowest BCUT2D eigenvalue weighted by atomic mass is 9.98. The molecule has 0 aromatic heterocycles. The smallest absolute Gasteiger partial charge is 0.241 e. The summed E-state index contributed by atoms with van der Waals surface area (Å²) in [5, 5.41) is 0. The molecule has 0 fully saturated rings. The number of fused-ring (bicyclic) bond motifs is 1. The lowest BCUT2D eigenvalue weighted by Gasteiger charge is -2.21. The number of benzene rings is 2. The van der Waals surface area contributed by atoms with Gasteiger partial charge in [-0.3, -0.25) is 0 Å². The first-order chi connectivity index (χ1) is 12.5. The highest BCUT2D eigenvalue weighted by Gasteiger charge is 2.24. The van der Waals surface area contributed by atoms with Crippen LogP contribution in [-0.4, -0.2) is 21.6 Å². The second kappa shape index (κ2) is 8.10. The van der Waals surface area contributed by atoms with Crippen molar-refractivity contribution in [1.82, 2.24) is 4.72 Å². The summed E-state index contributed by atoms with van der Waals surface area (Å²) in [4.78, 5) is 0.187.